The number of aliphatic hydroxyl groups excluding tert-OH is 16. The zero-order valence-electron chi connectivity index (χ0n) is 65.3. The van der Waals surface area contributed by atoms with Crippen LogP contribution in [0.3, 0.4) is 0 Å². The topological polar surface area (TPSA) is 530 Å². The molecule has 28 atom stereocenters. The van der Waals surface area contributed by atoms with Crippen LogP contribution >= 0.6 is 0 Å². The summed E-state index contributed by atoms with van der Waals surface area (Å²) < 4.78 is 66.9. The molecule has 0 spiro atoms. The van der Waals surface area contributed by atoms with Crippen LogP contribution in [0.15, 0.2) is 12.2 Å². The molecular weight excluding hydrogens is 1450 g/mol. The van der Waals surface area contributed by atoms with Gasteiger partial charge in [-0.1, -0.05) is 180 Å². The molecule has 5 heterocycles. The SMILES string of the molecule is CCCCCCCCCCCCC/C=C/[C@@H](O)[C@H](CO[C@@H]1O[C@H](CO)[C@@H](O[C@@H]2O[C@H](CO)[C@H](O[C@@H]3O[C@H](CO)[C@H](O)[C@H](O[C@@H]4O[C@H](CO)[C@H](O)[C@H](O)[C@H]4O)[C@H]3NC(C)=O)[C@H](O[C@]3(C(=O)OC(C)C)C[C@@H](O)[C@H](NC(C)=O)[C@@H]([C@H](O)[C@H](O)CO)O3)[C@H]2O)[C@H](O)[C@H]1O)NC(=O)CCCCCCCCCCCCCCCCC. The van der Waals surface area contributed by atoms with Gasteiger partial charge in [0.05, 0.1) is 70.0 Å². The first-order valence-electron chi connectivity index (χ1n) is 40.5. The van der Waals surface area contributed by atoms with E-state index < -0.39 is 241 Å². The third-order valence-electron chi connectivity index (χ3n) is 20.9. The van der Waals surface area contributed by atoms with Gasteiger partial charge in [0.1, 0.15) is 116 Å². The molecule has 5 saturated heterocycles. The van der Waals surface area contributed by atoms with E-state index in [1.165, 1.54) is 117 Å². The average molecular weight is 1590 g/mol. The number of allylic oxidation sites excluding steroid dienone is 1. The van der Waals surface area contributed by atoms with Crippen molar-refractivity contribution < 1.29 is 153 Å². The van der Waals surface area contributed by atoms with Crippen molar-refractivity contribution in [2.45, 2.75) is 405 Å². The van der Waals surface area contributed by atoms with E-state index in [-0.39, 0.29) is 12.3 Å². The van der Waals surface area contributed by atoms with E-state index in [4.69, 9.17) is 52.1 Å². The predicted octanol–water partition coefficient (Wildman–Crippen LogP) is -0.175. The van der Waals surface area contributed by atoms with Crippen LogP contribution in [-0.4, -0.2) is 322 Å². The van der Waals surface area contributed by atoms with Gasteiger partial charge in [-0.2, -0.15) is 0 Å². The molecule has 5 fully saturated rings. The van der Waals surface area contributed by atoms with E-state index in [9.17, 15) is 101 Å². The molecule has 0 unspecified atom stereocenters. The molecular formula is C76H137N3O31. The number of rotatable bonds is 53. The van der Waals surface area contributed by atoms with Crippen LogP contribution in [-0.2, 0) is 71.3 Å². The van der Waals surface area contributed by atoms with E-state index in [1.54, 1.807) is 6.08 Å². The molecule has 5 rings (SSSR count). The Kier molecular flexibility index (Phi) is 45.6. The lowest BCUT2D eigenvalue weighted by atomic mass is 9.88. The molecule has 0 bridgehead atoms. The Balaban J connectivity index is 1.44. The highest BCUT2D eigenvalue weighted by atomic mass is 16.8. The highest BCUT2D eigenvalue weighted by Crippen LogP contribution is 2.42. The van der Waals surface area contributed by atoms with Gasteiger partial charge in [0.15, 0.2) is 25.2 Å². The van der Waals surface area contributed by atoms with Crippen LogP contribution in [0.2, 0.25) is 0 Å². The van der Waals surface area contributed by atoms with Crippen molar-refractivity contribution in [3.8, 4) is 0 Å². The Hall–Kier alpha value is -3.42. The summed E-state index contributed by atoms with van der Waals surface area (Å²) in [5.74, 6) is -6.81. The lowest BCUT2D eigenvalue weighted by Crippen LogP contribution is -2.72. The first kappa shape index (κ1) is 97.2. The molecule has 3 amide bonds. The van der Waals surface area contributed by atoms with E-state index >= 15 is 0 Å². The number of hydrogen-bond acceptors (Lipinski definition) is 31. The van der Waals surface area contributed by atoms with Crippen molar-refractivity contribution >= 4 is 23.7 Å². The summed E-state index contributed by atoms with van der Waals surface area (Å²) in [7, 11) is 0. The predicted molar refractivity (Wildman–Crippen MR) is 392 cm³/mol. The van der Waals surface area contributed by atoms with Gasteiger partial charge in [-0.3, -0.25) is 14.4 Å². The van der Waals surface area contributed by atoms with E-state index in [0.717, 1.165) is 71.6 Å². The number of carbonyl (C=O) groups excluding carboxylic acids is 4. The maximum Gasteiger partial charge on any atom is 0.367 e. The molecule has 642 valence electrons. The molecule has 5 aliphatic heterocycles. The summed E-state index contributed by atoms with van der Waals surface area (Å²) in [6.45, 7) is 3.25. The van der Waals surface area contributed by atoms with Crippen molar-refractivity contribution in [1.82, 2.24) is 16.0 Å². The van der Waals surface area contributed by atoms with E-state index in [1.807, 2.05) is 6.08 Å². The third-order valence-corrected chi connectivity index (χ3v) is 20.9. The summed E-state index contributed by atoms with van der Waals surface area (Å²) >= 11 is 0. The average Bonchev–Trinajstić information content (AvgIpc) is 0.744. The van der Waals surface area contributed by atoms with Gasteiger partial charge in [0, 0.05) is 26.7 Å². The number of carbonyl (C=O) groups is 4. The Morgan fingerprint density at radius 1 is 0.491 bits per heavy atom. The lowest BCUT2D eigenvalue weighted by Gasteiger charge is -2.53. The smallest absolute Gasteiger partial charge is 0.367 e. The minimum atomic E-state index is -3.17. The molecule has 0 saturated carbocycles. The second kappa shape index (κ2) is 51.6. The first-order valence-corrected chi connectivity index (χ1v) is 40.5. The standard InChI is InChI=1S/C76H137N3O31/c1-7-9-11-13-15-17-19-21-22-24-26-28-30-32-34-36-55(90)79-47(48(87)35-33-31-29-27-25-23-20-18-16-14-12-10-8-2)43-100-72-64(97)62(95)66(53(41-83)104-72)106-74-65(98)70(110-76(75(99)101-44(3)4)37-49(88)56(77-45(5)85)69(109-76)58(91)50(89)38-80)67(54(42-84)105-74)107-71-57(78-46(6)86)68(60(93)52(40-82)102-71)108-73-63(96)61(94)59(92)51(39-81)103-73/h33,35,44,47-54,56-74,80-84,87-89,91-98H,7-32,34,36-43H2,1-6H3,(H,77,85)(H,78,86)(H,79,90)/b35-33+/t47-,48+,49+,50+,51+,52+,53+,54+,56-,57+,58+,59-,60-,61-,62+,63+,64+,65+,66+,67-,68+,69-,70+,71-,72+,73-,74-,76-/m0/s1. The number of nitrogens with one attached hydrogen (secondary N) is 3. The van der Waals surface area contributed by atoms with E-state index in [2.05, 4.69) is 29.8 Å². The number of amides is 3. The van der Waals surface area contributed by atoms with Crippen LogP contribution in [0, 0.1) is 0 Å². The molecule has 0 aromatic carbocycles. The highest BCUT2D eigenvalue weighted by Gasteiger charge is 2.63. The zero-order valence-corrected chi connectivity index (χ0v) is 65.3. The molecule has 110 heavy (non-hydrogen) atoms. The van der Waals surface area contributed by atoms with Crippen LogP contribution in [0.1, 0.15) is 228 Å². The number of ether oxygens (including phenoxy) is 11. The van der Waals surface area contributed by atoms with Crippen molar-refractivity contribution in [3.63, 3.8) is 0 Å². The van der Waals surface area contributed by atoms with Crippen LogP contribution in [0.5, 0.6) is 0 Å². The molecule has 34 heteroatoms. The zero-order chi connectivity index (χ0) is 81.0. The second-order valence-electron chi connectivity index (χ2n) is 30.4. The first-order chi connectivity index (χ1) is 52.6. The maximum absolute atomic E-state index is 14.9. The molecule has 0 aliphatic carbocycles. The maximum atomic E-state index is 14.9. The van der Waals surface area contributed by atoms with Crippen LogP contribution < -0.4 is 16.0 Å². The Morgan fingerprint density at radius 3 is 1.45 bits per heavy atom. The summed E-state index contributed by atoms with van der Waals surface area (Å²) in [4.78, 5) is 54.3. The van der Waals surface area contributed by atoms with Gasteiger partial charge in [-0.25, -0.2) is 4.79 Å². The Labute approximate surface area is 647 Å². The largest absolute Gasteiger partial charge is 0.459 e. The normalized spacial score (nSPS) is 34.0. The monoisotopic (exact) mass is 1590 g/mol. The summed E-state index contributed by atoms with van der Waals surface area (Å²) in [6.07, 6.45) is -16.9. The van der Waals surface area contributed by atoms with Crippen molar-refractivity contribution in [2.75, 3.05) is 39.6 Å². The van der Waals surface area contributed by atoms with Gasteiger partial charge in [-0.15, -0.1) is 0 Å². The number of aliphatic hydroxyl groups is 16. The van der Waals surface area contributed by atoms with Crippen molar-refractivity contribution in [3.05, 3.63) is 12.2 Å². The lowest BCUT2D eigenvalue weighted by molar-refractivity contribution is -0.404. The van der Waals surface area contributed by atoms with Crippen molar-refractivity contribution in [1.29, 1.82) is 0 Å². The fourth-order valence-electron chi connectivity index (χ4n) is 14.6. The Morgan fingerprint density at radius 2 is 0.936 bits per heavy atom. The summed E-state index contributed by atoms with van der Waals surface area (Å²) in [5, 5.41) is 188. The molecule has 0 aromatic rings. The van der Waals surface area contributed by atoms with Gasteiger partial charge >= 0.3 is 5.97 Å². The molecule has 0 radical (unpaired) electrons. The fraction of sp³-hybridized carbons (Fsp3) is 0.921. The Bertz CT molecular complexity index is 2570. The van der Waals surface area contributed by atoms with Gasteiger partial charge in [0.25, 0.3) is 5.79 Å². The summed E-state index contributed by atoms with van der Waals surface area (Å²) in [6, 6.07) is -4.73. The number of hydrogen-bond donors (Lipinski definition) is 19. The fourth-order valence-corrected chi connectivity index (χ4v) is 14.6. The van der Waals surface area contributed by atoms with Crippen molar-refractivity contribution in [2.24, 2.45) is 0 Å². The molecule has 0 aromatic heterocycles. The quantitative estimate of drug-likeness (QED) is 0.0213. The van der Waals surface area contributed by atoms with Gasteiger partial charge in [-0.05, 0) is 33.1 Å². The van der Waals surface area contributed by atoms with Crippen LogP contribution in [0.4, 0.5) is 0 Å². The summed E-state index contributed by atoms with van der Waals surface area (Å²) in [5.41, 5.74) is 0. The number of esters is 1. The van der Waals surface area contributed by atoms with Gasteiger partial charge < -0.3 is 150 Å². The molecule has 19 N–H and O–H groups in total. The molecule has 34 nitrogen and oxygen atoms in total. The highest BCUT2D eigenvalue weighted by molar-refractivity contribution is 5.79. The van der Waals surface area contributed by atoms with E-state index in [0.29, 0.717) is 12.8 Å². The minimum Gasteiger partial charge on any atom is -0.459 e. The minimum absolute atomic E-state index is 0.140. The van der Waals surface area contributed by atoms with Gasteiger partial charge in [0.2, 0.25) is 17.7 Å². The second-order valence-corrected chi connectivity index (χ2v) is 30.4. The molecule has 5 aliphatic rings. The van der Waals surface area contributed by atoms with Crippen LogP contribution in [0.25, 0.3) is 0 Å². The number of unbranched alkanes of at least 4 members (excludes halogenated alkanes) is 25. The third kappa shape index (κ3) is 30.3.